The van der Waals surface area contributed by atoms with E-state index in [2.05, 4.69) is 0 Å². The maximum absolute atomic E-state index is 12.0. The quantitative estimate of drug-likeness (QED) is 0.679. The van der Waals surface area contributed by atoms with Gasteiger partial charge in [0, 0.05) is 11.5 Å². The fraction of sp³-hybridized carbons (Fsp3) is 0.100. The fourth-order valence-electron chi connectivity index (χ4n) is 3.03. The third-order valence-corrected chi connectivity index (χ3v) is 5.18. The number of benzene rings is 3. The van der Waals surface area contributed by atoms with E-state index in [-0.39, 0.29) is 5.92 Å². The fourth-order valence-corrected chi connectivity index (χ4v) is 3.86. The zero-order chi connectivity index (χ0) is 18.0. The van der Waals surface area contributed by atoms with Gasteiger partial charge in [-0.25, -0.2) is 0 Å². The largest absolute Gasteiger partial charge is 0.506 e. The third-order valence-electron chi connectivity index (χ3n) is 4.26. The van der Waals surface area contributed by atoms with Crippen LogP contribution in [0.25, 0.3) is 11.1 Å². The van der Waals surface area contributed by atoms with Crippen LogP contribution < -0.4 is 0 Å². The number of hydrogen-bond donors (Lipinski definition) is 2. The second kappa shape index (κ2) is 6.70. The van der Waals surface area contributed by atoms with E-state index in [1.165, 1.54) is 6.07 Å². The summed E-state index contributed by atoms with van der Waals surface area (Å²) in [5, 5.41) is 10.1. The van der Waals surface area contributed by atoms with Gasteiger partial charge in [-0.1, -0.05) is 73.7 Å². The Morgan fingerprint density at radius 2 is 1.40 bits per heavy atom. The second-order valence-corrected chi connectivity index (χ2v) is 7.21. The van der Waals surface area contributed by atoms with E-state index in [4.69, 9.17) is 0 Å². The van der Waals surface area contributed by atoms with Gasteiger partial charge in [0.15, 0.2) is 0 Å². The van der Waals surface area contributed by atoms with E-state index < -0.39 is 20.8 Å². The van der Waals surface area contributed by atoms with Gasteiger partial charge in [0.05, 0.1) is 0 Å². The van der Waals surface area contributed by atoms with Crippen LogP contribution in [0.15, 0.2) is 77.7 Å². The first-order valence-corrected chi connectivity index (χ1v) is 9.27. The zero-order valence-corrected chi connectivity index (χ0v) is 14.4. The van der Waals surface area contributed by atoms with Crippen LogP contribution in [0.1, 0.15) is 24.0 Å². The van der Waals surface area contributed by atoms with Crippen molar-refractivity contribution in [3.05, 3.63) is 83.9 Å². The first kappa shape index (κ1) is 17.2. The van der Waals surface area contributed by atoms with Crippen LogP contribution in [0.5, 0.6) is 5.75 Å². The lowest BCUT2D eigenvalue weighted by molar-refractivity contribution is 0.443. The highest BCUT2D eigenvalue weighted by molar-refractivity contribution is 7.86. The molecule has 0 aromatic heterocycles. The van der Waals surface area contributed by atoms with Crippen molar-refractivity contribution >= 4 is 10.1 Å². The van der Waals surface area contributed by atoms with Crippen molar-refractivity contribution < 1.29 is 18.1 Å². The Kier molecular flexibility index (Phi) is 4.61. The van der Waals surface area contributed by atoms with Crippen LogP contribution in [0.4, 0.5) is 0 Å². The molecule has 0 aliphatic heterocycles. The molecule has 0 radical (unpaired) electrons. The molecular formula is C20H18O4S. The van der Waals surface area contributed by atoms with Crippen molar-refractivity contribution in [1.82, 2.24) is 0 Å². The summed E-state index contributed by atoms with van der Waals surface area (Å²) in [5.41, 5.74) is 2.65. The minimum atomic E-state index is -4.60. The maximum atomic E-state index is 12.0. The van der Waals surface area contributed by atoms with E-state index >= 15 is 0 Å². The van der Waals surface area contributed by atoms with Gasteiger partial charge >= 0.3 is 0 Å². The molecule has 128 valence electrons. The average molecular weight is 354 g/mol. The van der Waals surface area contributed by atoms with Crippen LogP contribution in [-0.2, 0) is 10.1 Å². The molecule has 0 saturated carbocycles. The summed E-state index contributed by atoms with van der Waals surface area (Å²) in [5.74, 6) is -0.595. The number of phenolic OH excluding ortho intramolecular Hbond substituents is 1. The van der Waals surface area contributed by atoms with Crippen LogP contribution in [-0.4, -0.2) is 18.1 Å². The molecule has 3 aromatic rings. The topological polar surface area (TPSA) is 74.6 Å². The molecule has 0 fully saturated rings. The number of rotatable bonds is 4. The highest BCUT2D eigenvalue weighted by Gasteiger charge is 2.26. The van der Waals surface area contributed by atoms with Crippen molar-refractivity contribution in [2.24, 2.45) is 0 Å². The van der Waals surface area contributed by atoms with Crippen molar-refractivity contribution in [2.45, 2.75) is 17.7 Å². The Hall–Kier alpha value is -2.63. The summed E-state index contributed by atoms with van der Waals surface area (Å²) in [7, 11) is -4.60. The number of phenols is 1. The molecule has 0 aliphatic carbocycles. The molecule has 3 aromatic carbocycles. The minimum Gasteiger partial charge on any atom is -0.506 e. The van der Waals surface area contributed by atoms with Crippen molar-refractivity contribution in [1.29, 1.82) is 0 Å². The lowest BCUT2D eigenvalue weighted by Gasteiger charge is -2.20. The van der Waals surface area contributed by atoms with E-state index in [1.54, 1.807) is 30.3 Å². The Bertz CT molecular complexity index is 981. The van der Waals surface area contributed by atoms with Gasteiger partial charge in [0.1, 0.15) is 10.6 Å². The molecule has 0 spiro atoms. The Balaban J connectivity index is 2.33. The molecule has 5 heteroatoms. The van der Waals surface area contributed by atoms with Crippen molar-refractivity contribution in [2.75, 3.05) is 0 Å². The minimum absolute atomic E-state index is 0.127. The molecule has 25 heavy (non-hydrogen) atoms. The summed E-state index contributed by atoms with van der Waals surface area (Å²) in [6, 6.07) is 21.6. The van der Waals surface area contributed by atoms with Crippen molar-refractivity contribution in [3.63, 3.8) is 0 Å². The Morgan fingerprint density at radius 3 is 1.96 bits per heavy atom. The SMILES string of the molecule is CC(c1ccccc1)c1ccc(O)c(S(=O)(=O)O)c1-c1ccccc1. The summed E-state index contributed by atoms with van der Waals surface area (Å²) in [4.78, 5) is -0.459. The van der Waals surface area contributed by atoms with Gasteiger partial charge in [0.2, 0.25) is 0 Å². The smallest absolute Gasteiger partial charge is 0.298 e. The second-order valence-electron chi connectivity index (χ2n) is 5.85. The van der Waals surface area contributed by atoms with E-state index in [9.17, 15) is 18.1 Å². The molecule has 0 saturated heterocycles. The molecule has 0 heterocycles. The molecule has 0 bridgehead atoms. The molecular weight excluding hydrogens is 336 g/mol. The monoisotopic (exact) mass is 354 g/mol. The first-order chi connectivity index (χ1) is 11.9. The molecule has 1 atom stereocenters. The number of aromatic hydroxyl groups is 1. The predicted molar refractivity (Wildman–Crippen MR) is 97.3 cm³/mol. The molecule has 4 nitrogen and oxygen atoms in total. The zero-order valence-electron chi connectivity index (χ0n) is 13.6. The maximum Gasteiger partial charge on any atom is 0.298 e. The summed E-state index contributed by atoms with van der Waals surface area (Å²) >= 11 is 0. The highest BCUT2D eigenvalue weighted by atomic mass is 32.2. The standard InChI is InChI=1S/C20H18O4S/c1-14(15-8-4-2-5-9-15)17-12-13-18(21)20(25(22,23)24)19(17)16-10-6-3-7-11-16/h2-14,21H,1H3,(H,22,23,24). The Labute approximate surface area is 147 Å². The van der Waals surface area contributed by atoms with Crippen LogP contribution in [0.2, 0.25) is 0 Å². The molecule has 0 aliphatic rings. The third kappa shape index (κ3) is 3.43. The van der Waals surface area contributed by atoms with E-state index in [0.717, 1.165) is 5.56 Å². The van der Waals surface area contributed by atoms with E-state index in [1.807, 2.05) is 43.3 Å². The summed E-state index contributed by atoms with van der Waals surface area (Å²) in [6.07, 6.45) is 0. The van der Waals surface area contributed by atoms with Gasteiger partial charge < -0.3 is 5.11 Å². The van der Waals surface area contributed by atoms with Crippen LogP contribution >= 0.6 is 0 Å². The molecule has 2 N–H and O–H groups in total. The Morgan fingerprint density at radius 1 is 0.840 bits per heavy atom. The normalized spacial score (nSPS) is 12.7. The van der Waals surface area contributed by atoms with Gasteiger partial charge in [-0.3, -0.25) is 4.55 Å². The lowest BCUT2D eigenvalue weighted by atomic mass is 9.87. The molecule has 1 unspecified atom stereocenters. The summed E-state index contributed by atoms with van der Waals surface area (Å²) in [6.45, 7) is 1.96. The van der Waals surface area contributed by atoms with Gasteiger partial charge in [-0.15, -0.1) is 0 Å². The predicted octanol–water partition coefficient (Wildman–Crippen LogP) is 4.46. The first-order valence-electron chi connectivity index (χ1n) is 7.83. The lowest BCUT2D eigenvalue weighted by Crippen LogP contribution is -2.07. The van der Waals surface area contributed by atoms with Gasteiger partial charge in [-0.05, 0) is 22.8 Å². The molecule has 0 amide bonds. The van der Waals surface area contributed by atoms with Crippen LogP contribution in [0.3, 0.4) is 0 Å². The average Bonchev–Trinajstić information content (AvgIpc) is 2.61. The molecule has 3 rings (SSSR count). The number of hydrogen-bond acceptors (Lipinski definition) is 3. The van der Waals surface area contributed by atoms with Gasteiger partial charge in [0.25, 0.3) is 10.1 Å². The van der Waals surface area contributed by atoms with Gasteiger partial charge in [-0.2, -0.15) is 8.42 Å². The summed E-state index contributed by atoms with van der Waals surface area (Å²) < 4.78 is 33.6. The highest BCUT2D eigenvalue weighted by Crippen LogP contribution is 2.41. The van der Waals surface area contributed by atoms with Crippen molar-refractivity contribution in [3.8, 4) is 16.9 Å². The van der Waals surface area contributed by atoms with Crippen LogP contribution in [0, 0.1) is 0 Å². The van der Waals surface area contributed by atoms with E-state index in [0.29, 0.717) is 16.7 Å².